The average Bonchev–Trinajstić information content (AvgIpc) is 2.85. The van der Waals surface area contributed by atoms with Crippen LogP contribution in [-0.4, -0.2) is 32.7 Å². The first-order valence-electron chi connectivity index (χ1n) is 7.33. The number of aliphatic carboxylic acids is 1. The summed E-state index contributed by atoms with van der Waals surface area (Å²) in [5.74, 6) is 0.342. The van der Waals surface area contributed by atoms with E-state index in [0.29, 0.717) is 10.7 Å². The second-order valence-corrected chi connectivity index (χ2v) is 6.53. The Morgan fingerprint density at radius 1 is 1.12 bits per heavy atom. The molecular weight excluding hydrogens is 358 g/mol. The van der Waals surface area contributed by atoms with Crippen LogP contribution in [-0.2, 0) is 4.79 Å². The van der Waals surface area contributed by atoms with Gasteiger partial charge in [0.15, 0.2) is 0 Å². The summed E-state index contributed by atoms with van der Waals surface area (Å²) in [6, 6.07) is 16.8. The zero-order valence-electron chi connectivity index (χ0n) is 12.9. The van der Waals surface area contributed by atoms with Crippen molar-refractivity contribution in [3.8, 4) is 11.5 Å². The summed E-state index contributed by atoms with van der Waals surface area (Å²) in [4.78, 5) is 24.5. The number of ether oxygens (including phenoxy) is 1. The van der Waals surface area contributed by atoms with Crippen molar-refractivity contribution in [3.63, 3.8) is 0 Å². The molecule has 7 heteroatoms. The molecule has 0 saturated carbocycles. The zero-order chi connectivity index (χ0) is 17.8. The van der Waals surface area contributed by atoms with E-state index in [1.54, 1.807) is 6.08 Å². The molecule has 5 nitrogen and oxygen atoms in total. The SMILES string of the molecule is O=C(O)CN1C(=O)SC(=Cc2ccc(Oc3ccccc3)cc2)C1=S. The predicted molar refractivity (Wildman–Crippen MR) is 101 cm³/mol. The molecule has 2 aromatic rings. The van der Waals surface area contributed by atoms with Gasteiger partial charge in [-0.2, -0.15) is 0 Å². The van der Waals surface area contributed by atoms with Crippen LogP contribution in [0.5, 0.6) is 11.5 Å². The van der Waals surface area contributed by atoms with Crippen molar-refractivity contribution in [2.24, 2.45) is 0 Å². The molecule has 1 N–H and O–H groups in total. The fourth-order valence-corrected chi connectivity index (χ4v) is 3.42. The van der Waals surface area contributed by atoms with E-state index in [4.69, 9.17) is 22.1 Å². The van der Waals surface area contributed by atoms with Gasteiger partial charge in [-0.15, -0.1) is 0 Å². The molecule has 2 aromatic carbocycles. The lowest BCUT2D eigenvalue weighted by Crippen LogP contribution is -2.32. The minimum Gasteiger partial charge on any atom is -0.480 e. The van der Waals surface area contributed by atoms with Gasteiger partial charge >= 0.3 is 5.97 Å². The van der Waals surface area contributed by atoms with Crippen molar-refractivity contribution in [1.82, 2.24) is 4.90 Å². The molecule has 0 radical (unpaired) electrons. The summed E-state index contributed by atoms with van der Waals surface area (Å²) in [7, 11) is 0. The smallest absolute Gasteiger partial charge is 0.323 e. The molecule has 1 heterocycles. The molecule has 3 rings (SSSR count). The summed E-state index contributed by atoms with van der Waals surface area (Å²) < 4.78 is 5.72. The Kier molecular flexibility index (Phi) is 5.16. The van der Waals surface area contributed by atoms with Gasteiger partial charge in [-0.1, -0.05) is 42.5 Å². The van der Waals surface area contributed by atoms with Gasteiger partial charge < -0.3 is 9.84 Å². The van der Waals surface area contributed by atoms with Crippen LogP contribution in [0.3, 0.4) is 0 Å². The highest BCUT2D eigenvalue weighted by atomic mass is 32.2. The maximum Gasteiger partial charge on any atom is 0.323 e. The molecule has 0 aromatic heterocycles. The quantitative estimate of drug-likeness (QED) is 0.621. The minimum atomic E-state index is -1.10. The maximum atomic E-state index is 11.9. The number of para-hydroxylation sites is 1. The van der Waals surface area contributed by atoms with Gasteiger partial charge in [0, 0.05) is 0 Å². The highest BCUT2D eigenvalue weighted by molar-refractivity contribution is 8.19. The van der Waals surface area contributed by atoms with Gasteiger partial charge in [0.05, 0.1) is 4.91 Å². The normalized spacial score (nSPS) is 15.7. The Morgan fingerprint density at radius 2 is 1.76 bits per heavy atom. The first-order chi connectivity index (χ1) is 12.0. The maximum absolute atomic E-state index is 11.9. The van der Waals surface area contributed by atoms with Crippen LogP contribution in [0, 0.1) is 0 Å². The molecule has 0 unspecified atom stereocenters. The molecule has 1 fully saturated rings. The molecule has 0 bridgehead atoms. The van der Waals surface area contributed by atoms with Crippen molar-refractivity contribution in [3.05, 3.63) is 65.1 Å². The third kappa shape index (κ3) is 4.26. The summed E-state index contributed by atoms with van der Waals surface area (Å²) >= 11 is 6.13. The molecular formula is C18H13NO4S2. The number of carbonyl (C=O) groups excluding carboxylic acids is 1. The largest absolute Gasteiger partial charge is 0.480 e. The van der Waals surface area contributed by atoms with Crippen molar-refractivity contribution in [1.29, 1.82) is 0 Å². The van der Waals surface area contributed by atoms with Crippen LogP contribution < -0.4 is 4.74 Å². The summed E-state index contributed by atoms with van der Waals surface area (Å²) in [6.07, 6.45) is 1.76. The molecule has 1 aliphatic heterocycles. The number of hydrogen-bond donors (Lipinski definition) is 1. The lowest BCUT2D eigenvalue weighted by atomic mass is 10.2. The van der Waals surface area contributed by atoms with E-state index in [9.17, 15) is 9.59 Å². The molecule has 0 atom stereocenters. The van der Waals surface area contributed by atoms with Crippen LogP contribution in [0.25, 0.3) is 6.08 Å². The van der Waals surface area contributed by atoms with E-state index in [1.165, 1.54) is 0 Å². The van der Waals surface area contributed by atoms with Gasteiger partial charge in [-0.05, 0) is 47.7 Å². The van der Waals surface area contributed by atoms with Crippen LogP contribution in [0.1, 0.15) is 5.56 Å². The Labute approximate surface area is 153 Å². The van der Waals surface area contributed by atoms with Crippen LogP contribution in [0.2, 0.25) is 0 Å². The Bertz CT molecular complexity index is 847. The molecule has 25 heavy (non-hydrogen) atoms. The number of amides is 1. The number of rotatable bonds is 5. The number of benzene rings is 2. The fourth-order valence-electron chi connectivity index (χ4n) is 2.18. The highest BCUT2D eigenvalue weighted by Crippen LogP contribution is 2.33. The number of thiocarbonyl (C=S) groups is 1. The van der Waals surface area contributed by atoms with Gasteiger partial charge in [-0.25, -0.2) is 0 Å². The molecule has 1 aliphatic rings. The van der Waals surface area contributed by atoms with E-state index in [-0.39, 0.29) is 10.2 Å². The first kappa shape index (κ1) is 17.2. The van der Waals surface area contributed by atoms with E-state index in [2.05, 4.69) is 0 Å². The monoisotopic (exact) mass is 371 g/mol. The van der Waals surface area contributed by atoms with E-state index in [1.807, 2.05) is 54.6 Å². The first-order valence-corrected chi connectivity index (χ1v) is 8.55. The summed E-state index contributed by atoms with van der Waals surface area (Å²) in [5, 5.41) is 8.47. The number of hydrogen-bond acceptors (Lipinski definition) is 5. The predicted octanol–water partition coefficient (Wildman–Crippen LogP) is 4.40. The second-order valence-electron chi connectivity index (χ2n) is 5.15. The van der Waals surface area contributed by atoms with Gasteiger partial charge in [0.2, 0.25) is 0 Å². The number of carbonyl (C=O) groups is 2. The van der Waals surface area contributed by atoms with Gasteiger partial charge in [-0.3, -0.25) is 14.5 Å². The average molecular weight is 371 g/mol. The van der Waals surface area contributed by atoms with Crippen LogP contribution >= 0.6 is 24.0 Å². The standard InChI is InChI=1S/C18H13NO4S2/c20-16(21)11-19-17(24)15(25-18(19)22)10-12-6-8-14(9-7-12)23-13-4-2-1-3-5-13/h1-10H,11H2,(H,20,21). The van der Waals surface area contributed by atoms with Crippen molar-refractivity contribution >= 4 is 46.3 Å². The van der Waals surface area contributed by atoms with Gasteiger partial charge in [0.1, 0.15) is 23.0 Å². The van der Waals surface area contributed by atoms with E-state index >= 15 is 0 Å². The lowest BCUT2D eigenvalue weighted by molar-refractivity contribution is -0.136. The number of carboxylic acids is 1. The topological polar surface area (TPSA) is 66.8 Å². The molecule has 1 saturated heterocycles. The highest BCUT2D eigenvalue weighted by Gasteiger charge is 2.32. The van der Waals surface area contributed by atoms with E-state index in [0.717, 1.165) is 28.0 Å². The Hall–Kier alpha value is -2.64. The van der Waals surface area contributed by atoms with Crippen LogP contribution in [0.4, 0.5) is 4.79 Å². The third-order valence-corrected chi connectivity index (χ3v) is 4.82. The third-order valence-electron chi connectivity index (χ3n) is 3.32. The minimum absolute atomic E-state index is 0.238. The molecule has 0 spiro atoms. The Balaban J connectivity index is 1.72. The number of thioether (sulfide) groups is 1. The van der Waals surface area contributed by atoms with Crippen molar-refractivity contribution < 1.29 is 19.4 Å². The number of nitrogens with zero attached hydrogens (tertiary/aromatic N) is 1. The summed E-state index contributed by atoms with van der Waals surface area (Å²) in [6.45, 7) is -0.425. The molecule has 0 aliphatic carbocycles. The Morgan fingerprint density at radius 3 is 2.40 bits per heavy atom. The summed E-state index contributed by atoms with van der Waals surface area (Å²) in [5.41, 5.74) is 0.843. The second kappa shape index (κ2) is 7.50. The molecule has 126 valence electrons. The fraction of sp³-hybridized carbons (Fsp3) is 0.0556. The van der Waals surface area contributed by atoms with Crippen LogP contribution in [0.15, 0.2) is 59.5 Å². The van der Waals surface area contributed by atoms with Gasteiger partial charge in [0.25, 0.3) is 5.24 Å². The zero-order valence-corrected chi connectivity index (χ0v) is 14.5. The lowest BCUT2D eigenvalue weighted by Gasteiger charge is -2.10. The van der Waals surface area contributed by atoms with Crippen molar-refractivity contribution in [2.45, 2.75) is 0 Å². The van der Waals surface area contributed by atoms with Crippen molar-refractivity contribution in [2.75, 3.05) is 6.54 Å². The number of carboxylic acid groups (broad SMARTS) is 1. The molecule has 1 amide bonds. The van der Waals surface area contributed by atoms with E-state index < -0.39 is 12.5 Å².